The van der Waals surface area contributed by atoms with E-state index in [1.807, 2.05) is 30.3 Å². The SMILES string of the molecule is N#Cc1ccc(C(=O)N[C@@H]2CCCN(c3cc(-c4ccc(Cl)cc4)[nH]n3)C2)cc1. The Balaban J connectivity index is 1.41. The summed E-state index contributed by atoms with van der Waals surface area (Å²) in [5.74, 6) is 0.748. The van der Waals surface area contributed by atoms with E-state index in [1.165, 1.54) is 0 Å². The predicted molar refractivity (Wildman–Crippen MR) is 113 cm³/mol. The predicted octanol–water partition coefficient (Wildman–Crippen LogP) is 4.00. The van der Waals surface area contributed by atoms with Crippen molar-refractivity contribution in [1.82, 2.24) is 15.5 Å². The molecule has 0 spiro atoms. The first-order chi connectivity index (χ1) is 14.1. The van der Waals surface area contributed by atoms with E-state index in [4.69, 9.17) is 16.9 Å². The molecule has 4 rings (SSSR count). The molecular formula is C22H20ClN5O. The first-order valence-electron chi connectivity index (χ1n) is 9.50. The number of rotatable bonds is 4. The number of halogens is 1. The molecule has 1 amide bonds. The number of nitrogens with zero attached hydrogens (tertiary/aromatic N) is 3. The molecule has 1 aromatic heterocycles. The number of hydrogen-bond donors (Lipinski definition) is 2. The number of anilines is 1. The molecule has 2 aromatic carbocycles. The average molecular weight is 406 g/mol. The maximum atomic E-state index is 12.5. The van der Waals surface area contributed by atoms with Gasteiger partial charge in [0, 0.05) is 35.8 Å². The van der Waals surface area contributed by atoms with Crippen molar-refractivity contribution in [2.24, 2.45) is 0 Å². The van der Waals surface area contributed by atoms with Crippen LogP contribution in [0.2, 0.25) is 5.02 Å². The molecule has 1 aliphatic rings. The maximum Gasteiger partial charge on any atom is 0.251 e. The third-order valence-electron chi connectivity index (χ3n) is 5.08. The lowest BCUT2D eigenvalue weighted by atomic mass is 10.0. The van der Waals surface area contributed by atoms with Gasteiger partial charge in [-0.15, -0.1) is 0 Å². The molecule has 0 aliphatic carbocycles. The lowest BCUT2D eigenvalue weighted by molar-refractivity contribution is 0.0933. The molecule has 6 nitrogen and oxygen atoms in total. The largest absolute Gasteiger partial charge is 0.353 e. The Kier molecular flexibility index (Phi) is 5.50. The van der Waals surface area contributed by atoms with Crippen LogP contribution in [0.25, 0.3) is 11.3 Å². The zero-order chi connectivity index (χ0) is 20.2. The second kappa shape index (κ2) is 8.38. The smallest absolute Gasteiger partial charge is 0.251 e. The summed E-state index contributed by atoms with van der Waals surface area (Å²) in [7, 11) is 0. The maximum absolute atomic E-state index is 12.5. The number of carbonyl (C=O) groups excluding carboxylic acids is 1. The van der Waals surface area contributed by atoms with Crippen molar-refractivity contribution in [2.75, 3.05) is 18.0 Å². The van der Waals surface area contributed by atoms with Crippen LogP contribution in [-0.4, -0.2) is 35.2 Å². The van der Waals surface area contributed by atoms with E-state index in [-0.39, 0.29) is 11.9 Å². The summed E-state index contributed by atoms with van der Waals surface area (Å²) < 4.78 is 0. The molecule has 0 unspecified atom stereocenters. The van der Waals surface area contributed by atoms with Crippen molar-refractivity contribution < 1.29 is 4.79 Å². The van der Waals surface area contributed by atoms with Crippen molar-refractivity contribution in [1.29, 1.82) is 5.26 Å². The molecule has 0 radical (unpaired) electrons. The van der Waals surface area contributed by atoms with E-state index in [1.54, 1.807) is 24.3 Å². The molecule has 146 valence electrons. The van der Waals surface area contributed by atoms with E-state index < -0.39 is 0 Å². The van der Waals surface area contributed by atoms with Crippen LogP contribution in [0.5, 0.6) is 0 Å². The first kappa shape index (κ1) is 19.0. The molecule has 29 heavy (non-hydrogen) atoms. The highest BCUT2D eigenvalue weighted by molar-refractivity contribution is 6.30. The summed E-state index contributed by atoms with van der Waals surface area (Å²) in [6, 6.07) is 18.4. The van der Waals surface area contributed by atoms with Gasteiger partial charge in [-0.2, -0.15) is 10.4 Å². The van der Waals surface area contributed by atoms with Crippen molar-refractivity contribution in [2.45, 2.75) is 18.9 Å². The fourth-order valence-electron chi connectivity index (χ4n) is 3.52. The Hall–Kier alpha value is -3.30. The number of aromatic amines is 1. The lowest BCUT2D eigenvalue weighted by Gasteiger charge is -2.33. The van der Waals surface area contributed by atoms with Gasteiger partial charge in [-0.1, -0.05) is 23.7 Å². The summed E-state index contributed by atoms with van der Waals surface area (Å²) in [5, 5.41) is 20.2. The molecule has 7 heteroatoms. The van der Waals surface area contributed by atoms with Crippen LogP contribution >= 0.6 is 11.6 Å². The zero-order valence-electron chi connectivity index (χ0n) is 15.7. The monoisotopic (exact) mass is 405 g/mol. The fraction of sp³-hybridized carbons (Fsp3) is 0.227. The van der Waals surface area contributed by atoms with Crippen molar-refractivity contribution in [3.05, 3.63) is 70.7 Å². The van der Waals surface area contributed by atoms with Crippen LogP contribution in [0.1, 0.15) is 28.8 Å². The summed E-state index contributed by atoms with van der Waals surface area (Å²) in [4.78, 5) is 14.7. The number of nitriles is 1. The van der Waals surface area contributed by atoms with Gasteiger partial charge in [0.15, 0.2) is 5.82 Å². The average Bonchev–Trinajstić information content (AvgIpc) is 3.25. The Labute approximate surface area is 174 Å². The van der Waals surface area contributed by atoms with Gasteiger partial charge in [0.05, 0.1) is 17.3 Å². The summed E-state index contributed by atoms with van der Waals surface area (Å²) >= 11 is 5.96. The second-order valence-electron chi connectivity index (χ2n) is 7.09. The minimum absolute atomic E-state index is 0.0441. The van der Waals surface area contributed by atoms with Gasteiger partial charge in [0.1, 0.15) is 0 Å². The topological polar surface area (TPSA) is 84.8 Å². The molecule has 1 atom stereocenters. The second-order valence-corrected chi connectivity index (χ2v) is 7.53. The standard InChI is InChI=1S/C22H20ClN5O/c23-18-9-7-16(8-10-18)20-12-21(27-26-20)28-11-1-2-19(14-28)25-22(29)17-5-3-15(13-24)4-6-17/h3-10,12,19H,1-2,11,14H2,(H,25,29)(H,26,27)/t19-/m1/s1. The highest BCUT2D eigenvalue weighted by Crippen LogP contribution is 2.25. The van der Waals surface area contributed by atoms with E-state index in [0.29, 0.717) is 22.7 Å². The fourth-order valence-corrected chi connectivity index (χ4v) is 3.64. The van der Waals surface area contributed by atoms with Gasteiger partial charge in [-0.3, -0.25) is 9.89 Å². The van der Waals surface area contributed by atoms with E-state index in [2.05, 4.69) is 26.5 Å². The summed E-state index contributed by atoms with van der Waals surface area (Å²) in [6.45, 7) is 1.60. The number of carbonyl (C=O) groups is 1. The molecule has 1 saturated heterocycles. The van der Waals surface area contributed by atoms with Crippen LogP contribution in [0.15, 0.2) is 54.6 Å². The molecule has 0 bridgehead atoms. The highest BCUT2D eigenvalue weighted by atomic mass is 35.5. The normalized spacial score (nSPS) is 16.3. The van der Waals surface area contributed by atoms with Crippen molar-refractivity contribution in [3.63, 3.8) is 0 Å². The molecule has 0 saturated carbocycles. The highest BCUT2D eigenvalue weighted by Gasteiger charge is 2.23. The Bertz CT molecular complexity index is 1040. The molecule has 2 N–H and O–H groups in total. The van der Waals surface area contributed by atoms with Crippen LogP contribution < -0.4 is 10.2 Å². The van der Waals surface area contributed by atoms with Crippen LogP contribution in [0, 0.1) is 11.3 Å². The molecule has 1 aliphatic heterocycles. The van der Waals surface area contributed by atoms with Crippen molar-refractivity contribution >= 4 is 23.3 Å². The van der Waals surface area contributed by atoms with Crippen LogP contribution in [-0.2, 0) is 0 Å². The third-order valence-corrected chi connectivity index (χ3v) is 5.33. The van der Waals surface area contributed by atoms with E-state index >= 15 is 0 Å². The summed E-state index contributed by atoms with van der Waals surface area (Å²) in [5.41, 5.74) is 3.06. The Morgan fingerprint density at radius 1 is 1.21 bits per heavy atom. The van der Waals surface area contributed by atoms with Crippen molar-refractivity contribution in [3.8, 4) is 17.3 Å². The number of amides is 1. The van der Waals surface area contributed by atoms with Gasteiger partial charge in [-0.25, -0.2) is 0 Å². The van der Waals surface area contributed by atoms with Gasteiger partial charge < -0.3 is 10.2 Å². The number of aromatic nitrogens is 2. The van der Waals surface area contributed by atoms with Crippen LogP contribution in [0.3, 0.4) is 0 Å². The number of H-pyrrole nitrogens is 1. The van der Waals surface area contributed by atoms with Gasteiger partial charge >= 0.3 is 0 Å². The van der Waals surface area contributed by atoms with Gasteiger partial charge in [0.2, 0.25) is 0 Å². The van der Waals surface area contributed by atoms with Gasteiger partial charge in [0.25, 0.3) is 5.91 Å². The lowest BCUT2D eigenvalue weighted by Crippen LogP contribution is -2.48. The molecule has 2 heterocycles. The summed E-state index contributed by atoms with van der Waals surface area (Å²) in [6.07, 6.45) is 1.90. The zero-order valence-corrected chi connectivity index (χ0v) is 16.5. The number of benzene rings is 2. The number of nitrogens with one attached hydrogen (secondary N) is 2. The number of hydrogen-bond acceptors (Lipinski definition) is 4. The van der Waals surface area contributed by atoms with E-state index in [0.717, 1.165) is 36.5 Å². The molecular weight excluding hydrogens is 386 g/mol. The Morgan fingerprint density at radius 2 is 1.97 bits per heavy atom. The Morgan fingerprint density at radius 3 is 2.69 bits per heavy atom. The third kappa shape index (κ3) is 4.41. The van der Waals surface area contributed by atoms with E-state index in [9.17, 15) is 4.79 Å². The molecule has 3 aromatic rings. The minimum atomic E-state index is -0.120. The quantitative estimate of drug-likeness (QED) is 0.687. The first-order valence-corrected chi connectivity index (χ1v) is 9.87. The van der Waals surface area contributed by atoms with Gasteiger partial charge in [-0.05, 0) is 54.8 Å². The minimum Gasteiger partial charge on any atom is -0.353 e. The molecule has 1 fully saturated rings. The van der Waals surface area contributed by atoms with Crippen LogP contribution in [0.4, 0.5) is 5.82 Å². The number of piperidine rings is 1.